The van der Waals surface area contributed by atoms with Crippen molar-refractivity contribution in [3.63, 3.8) is 0 Å². The number of aromatic amines is 1. The van der Waals surface area contributed by atoms with Gasteiger partial charge in [-0.05, 0) is 38.5 Å². The number of hydrogen-bond acceptors (Lipinski definition) is 4. The van der Waals surface area contributed by atoms with E-state index in [1.54, 1.807) is 30.0 Å². The molecule has 3 rings (SSSR count). The number of imidazole rings is 1. The number of benzene rings is 1. The van der Waals surface area contributed by atoms with Gasteiger partial charge in [-0.1, -0.05) is 36.7 Å². The lowest BCUT2D eigenvalue weighted by atomic mass is 10.2. The molecule has 0 bridgehead atoms. The number of unbranched alkanes of at least 4 members (excludes halogenated alkanes) is 1. The van der Waals surface area contributed by atoms with Crippen LogP contribution in [-0.4, -0.2) is 19.5 Å². The van der Waals surface area contributed by atoms with Gasteiger partial charge in [-0.15, -0.1) is 0 Å². The van der Waals surface area contributed by atoms with Crippen molar-refractivity contribution in [2.75, 3.05) is 0 Å². The van der Waals surface area contributed by atoms with Crippen LogP contribution in [0.2, 0.25) is 5.02 Å². The van der Waals surface area contributed by atoms with Crippen LogP contribution in [0.5, 0.6) is 0 Å². The maximum atomic E-state index is 12.2. The molecule has 7 heteroatoms. The van der Waals surface area contributed by atoms with Gasteiger partial charge < -0.3 is 9.55 Å². The van der Waals surface area contributed by atoms with Gasteiger partial charge in [-0.25, -0.2) is 9.97 Å². The fraction of sp³-hybridized carbons (Fsp3) is 0.389. The van der Waals surface area contributed by atoms with Crippen LogP contribution in [0.15, 0.2) is 28.2 Å². The van der Waals surface area contributed by atoms with E-state index in [-0.39, 0.29) is 5.56 Å². The van der Waals surface area contributed by atoms with Crippen LogP contribution >= 0.6 is 23.4 Å². The van der Waals surface area contributed by atoms with Crippen molar-refractivity contribution in [3.8, 4) is 0 Å². The number of thioether (sulfide) groups is 1. The van der Waals surface area contributed by atoms with Gasteiger partial charge in [-0.2, -0.15) is 0 Å². The summed E-state index contributed by atoms with van der Waals surface area (Å²) in [6, 6.07) is 5.12. The largest absolute Gasteiger partial charge is 0.323 e. The normalized spacial score (nSPS) is 11.4. The molecule has 5 nitrogen and oxygen atoms in total. The second-order valence-corrected chi connectivity index (χ2v) is 7.41. The molecule has 0 aliphatic rings. The Morgan fingerprint density at radius 1 is 1.28 bits per heavy atom. The molecule has 25 heavy (non-hydrogen) atoms. The standard InChI is InChI=1S/C18H21ClN4OS/c1-4-5-8-23-12(3)11(2)20-18(23)25-10-16-21-15-9-13(19)6-7-14(15)17(24)22-16/h6-7,9H,4-5,8,10H2,1-3H3,(H,21,22,24). The SMILES string of the molecule is CCCCn1c(SCc2nc3cc(Cl)ccc3c(=O)[nH]2)nc(C)c1C. The molecular formula is C18H21ClN4OS. The molecule has 0 amide bonds. The quantitative estimate of drug-likeness (QED) is 0.644. The number of hydrogen-bond donors (Lipinski definition) is 1. The van der Waals surface area contributed by atoms with Gasteiger partial charge in [0.05, 0.1) is 22.3 Å². The summed E-state index contributed by atoms with van der Waals surface area (Å²) in [4.78, 5) is 24.3. The molecule has 2 heterocycles. The molecule has 0 unspecified atom stereocenters. The summed E-state index contributed by atoms with van der Waals surface area (Å²) in [5.41, 5.74) is 2.72. The third-order valence-corrected chi connectivity index (χ3v) is 5.44. The third kappa shape index (κ3) is 3.90. The zero-order valence-electron chi connectivity index (χ0n) is 14.6. The fourth-order valence-corrected chi connectivity index (χ4v) is 3.83. The Hall–Kier alpha value is -1.79. The molecule has 0 saturated heterocycles. The van der Waals surface area contributed by atoms with Crippen molar-refractivity contribution < 1.29 is 0 Å². The molecule has 1 aromatic carbocycles. The van der Waals surface area contributed by atoms with E-state index in [0.717, 1.165) is 30.2 Å². The maximum absolute atomic E-state index is 12.2. The lowest BCUT2D eigenvalue weighted by Gasteiger charge is -2.09. The zero-order valence-corrected chi connectivity index (χ0v) is 16.2. The fourth-order valence-electron chi connectivity index (χ4n) is 2.68. The van der Waals surface area contributed by atoms with E-state index in [9.17, 15) is 4.79 Å². The van der Waals surface area contributed by atoms with Crippen LogP contribution in [0.1, 0.15) is 37.0 Å². The molecule has 0 aliphatic carbocycles. The summed E-state index contributed by atoms with van der Waals surface area (Å²) < 4.78 is 2.25. The molecule has 0 saturated carbocycles. The van der Waals surface area contributed by atoms with Crippen LogP contribution in [0.25, 0.3) is 10.9 Å². The Labute approximate surface area is 155 Å². The lowest BCUT2D eigenvalue weighted by Crippen LogP contribution is -2.11. The number of aromatic nitrogens is 4. The molecule has 0 radical (unpaired) electrons. The average Bonchev–Trinajstić information content (AvgIpc) is 2.85. The lowest BCUT2D eigenvalue weighted by molar-refractivity contribution is 0.575. The Balaban J connectivity index is 1.85. The van der Waals surface area contributed by atoms with Gasteiger partial charge in [0, 0.05) is 17.3 Å². The van der Waals surface area contributed by atoms with E-state index in [1.807, 2.05) is 6.92 Å². The third-order valence-electron chi connectivity index (χ3n) is 4.21. The highest BCUT2D eigenvalue weighted by Gasteiger charge is 2.12. The molecule has 132 valence electrons. The Morgan fingerprint density at radius 2 is 2.08 bits per heavy atom. The first kappa shape index (κ1) is 18.0. The first-order valence-electron chi connectivity index (χ1n) is 8.34. The highest BCUT2D eigenvalue weighted by atomic mass is 35.5. The monoisotopic (exact) mass is 376 g/mol. The van der Waals surface area contributed by atoms with Crippen molar-refractivity contribution in [2.24, 2.45) is 0 Å². The molecule has 0 fully saturated rings. The smallest absolute Gasteiger partial charge is 0.258 e. The number of nitrogens with zero attached hydrogens (tertiary/aromatic N) is 3. The first-order chi connectivity index (χ1) is 12.0. The highest BCUT2D eigenvalue weighted by Crippen LogP contribution is 2.24. The molecule has 1 N–H and O–H groups in total. The number of nitrogens with one attached hydrogen (secondary N) is 1. The van der Waals surface area contributed by atoms with Crippen molar-refractivity contribution in [2.45, 2.75) is 51.1 Å². The van der Waals surface area contributed by atoms with E-state index in [0.29, 0.717) is 27.5 Å². The topological polar surface area (TPSA) is 63.6 Å². The molecule has 3 aromatic rings. The first-order valence-corrected chi connectivity index (χ1v) is 9.71. The van der Waals surface area contributed by atoms with Crippen LogP contribution in [0.3, 0.4) is 0 Å². The Morgan fingerprint density at radius 3 is 2.84 bits per heavy atom. The van der Waals surface area contributed by atoms with Gasteiger partial charge in [0.15, 0.2) is 5.16 Å². The minimum atomic E-state index is -0.140. The molecule has 0 aliphatic heterocycles. The van der Waals surface area contributed by atoms with Crippen LogP contribution < -0.4 is 5.56 Å². The molecular weight excluding hydrogens is 356 g/mol. The van der Waals surface area contributed by atoms with Crippen molar-refractivity contribution in [1.82, 2.24) is 19.5 Å². The van der Waals surface area contributed by atoms with Gasteiger partial charge in [-0.3, -0.25) is 4.79 Å². The van der Waals surface area contributed by atoms with Crippen molar-refractivity contribution >= 4 is 34.3 Å². The summed E-state index contributed by atoms with van der Waals surface area (Å²) in [5, 5.41) is 2.09. The number of H-pyrrole nitrogens is 1. The predicted molar refractivity (Wildman–Crippen MR) is 104 cm³/mol. The van der Waals surface area contributed by atoms with E-state index >= 15 is 0 Å². The van der Waals surface area contributed by atoms with Crippen molar-refractivity contribution in [3.05, 3.63) is 50.8 Å². The van der Waals surface area contributed by atoms with Crippen LogP contribution in [-0.2, 0) is 12.3 Å². The van der Waals surface area contributed by atoms with E-state index in [1.165, 1.54) is 5.69 Å². The molecule has 2 aromatic heterocycles. The van der Waals surface area contributed by atoms with Gasteiger partial charge in [0.1, 0.15) is 5.82 Å². The second kappa shape index (κ2) is 7.62. The number of rotatable bonds is 6. The van der Waals surface area contributed by atoms with E-state index in [4.69, 9.17) is 11.6 Å². The van der Waals surface area contributed by atoms with Gasteiger partial charge in [0.25, 0.3) is 5.56 Å². The predicted octanol–water partition coefficient (Wildman–Crippen LogP) is 4.48. The minimum Gasteiger partial charge on any atom is -0.323 e. The Kier molecular flexibility index (Phi) is 5.49. The second-order valence-electron chi connectivity index (χ2n) is 6.03. The zero-order chi connectivity index (χ0) is 18.0. The summed E-state index contributed by atoms with van der Waals surface area (Å²) in [6.07, 6.45) is 2.26. The van der Waals surface area contributed by atoms with E-state index < -0.39 is 0 Å². The van der Waals surface area contributed by atoms with E-state index in [2.05, 4.69) is 33.4 Å². The number of fused-ring (bicyclic) bond motifs is 1. The summed E-state index contributed by atoms with van der Waals surface area (Å²) >= 11 is 7.61. The summed E-state index contributed by atoms with van der Waals surface area (Å²) in [6.45, 7) is 7.27. The number of halogens is 1. The van der Waals surface area contributed by atoms with Crippen molar-refractivity contribution in [1.29, 1.82) is 0 Å². The summed E-state index contributed by atoms with van der Waals surface area (Å²) in [7, 11) is 0. The minimum absolute atomic E-state index is 0.140. The Bertz CT molecular complexity index is 964. The van der Waals surface area contributed by atoms with Crippen LogP contribution in [0.4, 0.5) is 0 Å². The van der Waals surface area contributed by atoms with Gasteiger partial charge in [0.2, 0.25) is 0 Å². The average molecular weight is 377 g/mol. The molecule has 0 spiro atoms. The maximum Gasteiger partial charge on any atom is 0.258 e. The summed E-state index contributed by atoms with van der Waals surface area (Å²) in [5.74, 6) is 1.19. The van der Waals surface area contributed by atoms with Gasteiger partial charge >= 0.3 is 0 Å². The number of aryl methyl sites for hydroxylation is 1. The van der Waals surface area contributed by atoms with Crippen LogP contribution in [0, 0.1) is 13.8 Å². The highest BCUT2D eigenvalue weighted by molar-refractivity contribution is 7.98. The molecule has 0 atom stereocenters.